The highest BCUT2D eigenvalue weighted by Gasteiger charge is 2.35. The van der Waals surface area contributed by atoms with Crippen LogP contribution in [-0.2, 0) is 0 Å². The topological polar surface area (TPSA) is 59.0 Å². The van der Waals surface area contributed by atoms with E-state index in [0.29, 0.717) is 29.0 Å². The Bertz CT molecular complexity index is 733. The molecule has 22 heavy (non-hydrogen) atoms. The van der Waals surface area contributed by atoms with E-state index in [0.717, 1.165) is 5.01 Å². The smallest absolute Gasteiger partial charge is 0.282 e. The number of nitrogens with zero attached hydrogens (tertiary/aromatic N) is 2. The van der Waals surface area contributed by atoms with Crippen LogP contribution in [0.3, 0.4) is 0 Å². The molecule has 0 saturated heterocycles. The number of ether oxygens (including phenoxy) is 1. The zero-order valence-corrected chi connectivity index (χ0v) is 12.0. The SMILES string of the molecule is CCOc1ccccc1/C=N/N1C(=O)c2ccccc2C1=O. The second-order valence-electron chi connectivity index (χ2n) is 4.68. The number of benzene rings is 2. The molecule has 2 aromatic carbocycles. The molecule has 1 heterocycles. The molecule has 5 heteroatoms. The summed E-state index contributed by atoms with van der Waals surface area (Å²) in [5.74, 6) is -0.165. The number of fused-ring (bicyclic) bond motifs is 1. The number of amides is 2. The number of hydrazone groups is 1. The molecule has 0 N–H and O–H groups in total. The summed E-state index contributed by atoms with van der Waals surface area (Å²) in [5.41, 5.74) is 1.46. The molecule has 0 aromatic heterocycles. The lowest BCUT2D eigenvalue weighted by atomic mass is 10.1. The molecule has 0 fully saturated rings. The van der Waals surface area contributed by atoms with Crippen molar-refractivity contribution >= 4 is 18.0 Å². The van der Waals surface area contributed by atoms with Gasteiger partial charge in [-0.25, -0.2) is 0 Å². The number of hydrogen-bond donors (Lipinski definition) is 0. The average molecular weight is 294 g/mol. The maximum atomic E-state index is 12.2. The third-order valence-corrected chi connectivity index (χ3v) is 3.30. The van der Waals surface area contributed by atoms with Gasteiger partial charge in [-0.3, -0.25) is 9.59 Å². The van der Waals surface area contributed by atoms with Crippen LogP contribution in [0.25, 0.3) is 0 Å². The first kappa shape index (κ1) is 14.0. The first-order chi connectivity index (χ1) is 10.7. The van der Waals surface area contributed by atoms with Crippen LogP contribution in [0.15, 0.2) is 53.6 Å². The van der Waals surface area contributed by atoms with Gasteiger partial charge in [0.05, 0.1) is 23.9 Å². The summed E-state index contributed by atoms with van der Waals surface area (Å²) in [6.07, 6.45) is 1.46. The molecule has 0 unspecified atom stereocenters. The van der Waals surface area contributed by atoms with Crippen molar-refractivity contribution in [1.29, 1.82) is 0 Å². The van der Waals surface area contributed by atoms with Crippen LogP contribution in [-0.4, -0.2) is 29.6 Å². The van der Waals surface area contributed by atoms with E-state index in [1.807, 2.05) is 31.2 Å². The predicted molar refractivity (Wildman–Crippen MR) is 82.1 cm³/mol. The number of carbonyl (C=O) groups is 2. The normalized spacial score (nSPS) is 13.8. The first-order valence-corrected chi connectivity index (χ1v) is 6.96. The van der Waals surface area contributed by atoms with E-state index < -0.39 is 11.8 Å². The third kappa shape index (κ3) is 2.37. The van der Waals surface area contributed by atoms with E-state index >= 15 is 0 Å². The Balaban J connectivity index is 1.89. The lowest BCUT2D eigenvalue weighted by Gasteiger charge is -2.08. The van der Waals surface area contributed by atoms with Gasteiger partial charge in [0.1, 0.15) is 5.75 Å². The van der Waals surface area contributed by atoms with Gasteiger partial charge in [-0.15, -0.1) is 0 Å². The third-order valence-electron chi connectivity index (χ3n) is 3.30. The van der Waals surface area contributed by atoms with E-state index in [9.17, 15) is 9.59 Å². The second kappa shape index (κ2) is 5.81. The first-order valence-electron chi connectivity index (χ1n) is 6.96. The van der Waals surface area contributed by atoms with Gasteiger partial charge in [0.15, 0.2) is 0 Å². The maximum Gasteiger partial charge on any atom is 0.282 e. The van der Waals surface area contributed by atoms with Gasteiger partial charge in [-0.05, 0) is 31.2 Å². The minimum atomic E-state index is -0.411. The summed E-state index contributed by atoms with van der Waals surface area (Å²) < 4.78 is 5.49. The van der Waals surface area contributed by atoms with Crippen LogP contribution in [0, 0.1) is 0 Å². The number of para-hydroxylation sites is 1. The summed E-state index contributed by atoms with van der Waals surface area (Å²) in [7, 11) is 0. The van der Waals surface area contributed by atoms with Crippen molar-refractivity contribution in [2.75, 3.05) is 6.61 Å². The molecule has 0 spiro atoms. The Morgan fingerprint density at radius 3 is 2.23 bits per heavy atom. The fourth-order valence-corrected chi connectivity index (χ4v) is 2.28. The molecular formula is C17H14N2O3. The standard InChI is InChI=1S/C17H14N2O3/c1-2-22-15-10-6-3-7-12(15)11-18-19-16(20)13-8-4-5-9-14(13)17(19)21/h3-11H,2H2,1H3/b18-11+. The molecule has 5 nitrogen and oxygen atoms in total. The quantitative estimate of drug-likeness (QED) is 0.643. The molecule has 0 saturated carbocycles. The minimum absolute atomic E-state index is 0.378. The Morgan fingerprint density at radius 2 is 1.59 bits per heavy atom. The van der Waals surface area contributed by atoms with Crippen molar-refractivity contribution < 1.29 is 14.3 Å². The van der Waals surface area contributed by atoms with Gasteiger partial charge in [0.2, 0.25) is 0 Å². The number of hydrogen-bond acceptors (Lipinski definition) is 4. The van der Waals surface area contributed by atoms with Gasteiger partial charge in [0.25, 0.3) is 11.8 Å². The fraction of sp³-hybridized carbons (Fsp3) is 0.118. The average Bonchev–Trinajstić information content (AvgIpc) is 2.79. The molecular weight excluding hydrogens is 280 g/mol. The minimum Gasteiger partial charge on any atom is -0.493 e. The Morgan fingerprint density at radius 1 is 1.00 bits per heavy atom. The lowest BCUT2D eigenvalue weighted by molar-refractivity contribution is 0.0660. The van der Waals surface area contributed by atoms with Crippen molar-refractivity contribution in [2.24, 2.45) is 5.10 Å². The summed E-state index contributed by atoms with van der Waals surface area (Å²) in [4.78, 5) is 24.4. The van der Waals surface area contributed by atoms with Gasteiger partial charge < -0.3 is 4.74 Å². The van der Waals surface area contributed by atoms with Crippen LogP contribution in [0.5, 0.6) is 5.75 Å². The van der Waals surface area contributed by atoms with E-state index in [-0.39, 0.29) is 0 Å². The van der Waals surface area contributed by atoms with E-state index in [2.05, 4.69) is 5.10 Å². The van der Waals surface area contributed by atoms with Crippen molar-refractivity contribution in [3.63, 3.8) is 0 Å². The van der Waals surface area contributed by atoms with Crippen molar-refractivity contribution in [2.45, 2.75) is 6.92 Å². The molecule has 3 rings (SSSR count). The zero-order valence-electron chi connectivity index (χ0n) is 12.0. The van der Waals surface area contributed by atoms with Gasteiger partial charge >= 0.3 is 0 Å². The summed E-state index contributed by atoms with van der Waals surface area (Å²) >= 11 is 0. The van der Waals surface area contributed by atoms with Gasteiger partial charge in [-0.1, -0.05) is 24.3 Å². The lowest BCUT2D eigenvalue weighted by Crippen LogP contribution is -2.24. The summed E-state index contributed by atoms with van der Waals surface area (Å²) in [5, 5.41) is 4.92. The fourth-order valence-electron chi connectivity index (χ4n) is 2.28. The molecule has 0 atom stereocenters. The molecule has 110 valence electrons. The predicted octanol–water partition coefficient (Wildman–Crippen LogP) is 2.72. The summed E-state index contributed by atoms with van der Waals surface area (Å²) in [6.45, 7) is 2.41. The number of imide groups is 1. The molecule has 2 aromatic rings. The Hall–Kier alpha value is -2.95. The van der Waals surface area contributed by atoms with Crippen molar-refractivity contribution in [3.8, 4) is 5.75 Å². The van der Waals surface area contributed by atoms with Gasteiger partial charge in [0, 0.05) is 5.56 Å². The number of carbonyl (C=O) groups excluding carboxylic acids is 2. The maximum absolute atomic E-state index is 12.2. The van der Waals surface area contributed by atoms with E-state index in [1.54, 1.807) is 24.3 Å². The van der Waals surface area contributed by atoms with Crippen molar-refractivity contribution in [3.05, 3.63) is 65.2 Å². The molecule has 1 aliphatic heterocycles. The van der Waals surface area contributed by atoms with Crippen LogP contribution < -0.4 is 4.74 Å². The largest absolute Gasteiger partial charge is 0.493 e. The zero-order chi connectivity index (χ0) is 15.5. The Labute approximate surface area is 127 Å². The molecule has 1 aliphatic rings. The molecule has 0 radical (unpaired) electrons. The molecule has 2 amide bonds. The highest BCUT2D eigenvalue weighted by Crippen LogP contribution is 2.23. The van der Waals surface area contributed by atoms with Crippen LogP contribution >= 0.6 is 0 Å². The Kier molecular flexibility index (Phi) is 3.70. The molecule has 0 aliphatic carbocycles. The number of rotatable bonds is 4. The highest BCUT2D eigenvalue weighted by molar-refractivity contribution is 6.21. The van der Waals surface area contributed by atoms with Crippen LogP contribution in [0.2, 0.25) is 0 Å². The monoisotopic (exact) mass is 294 g/mol. The van der Waals surface area contributed by atoms with E-state index in [1.165, 1.54) is 6.21 Å². The second-order valence-corrected chi connectivity index (χ2v) is 4.68. The van der Waals surface area contributed by atoms with E-state index in [4.69, 9.17) is 4.74 Å². The van der Waals surface area contributed by atoms with Crippen LogP contribution in [0.1, 0.15) is 33.2 Å². The van der Waals surface area contributed by atoms with Gasteiger partial charge in [-0.2, -0.15) is 10.1 Å². The molecule has 0 bridgehead atoms. The van der Waals surface area contributed by atoms with Crippen molar-refractivity contribution in [1.82, 2.24) is 5.01 Å². The summed E-state index contributed by atoms with van der Waals surface area (Å²) in [6, 6.07) is 14.0. The highest BCUT2D eigenvalue weighted by atomic mass is 16.5. The van der Waals surface area contributed by atoms with Crippen LogP contribution in [0.4, 0.5) is 0 Å².